The van der Waals surface area contributed by atoms with Crippen molar-refractivity contribution >= 4 is 11.6 Å². The van der Waals surface area contributed by atoms with Crippen LogP contribution in [-0.4, -0.2) is 20.6 Å². The third kappa shape index (κ3) is 3.72. The van der Waals surface area contributed by atoms with Gasteiger partial charge in [0, 0.05) is 23.9 Å². The molecule has 3 aromatic rings. The molecule has 0 aliphatic carbocycles. The lowest BCUT2D eigenvalue weighted by atomic mass is 10.1. The average Bonchev–Trinajstić information content (AvgIpc) is 3.00. The number of benzene rings is 1. The summed E-state index contributed by atoms with van der Waals surface area (Å²) in [6, 6.07) is 11.0. The monoisotopic (exact) mass is 348 g/mol. The number of nitriles is 1. The maximum atomic E-state index is 12.1. The van der Waals surface area contributed by atoms with Crippen molar-refractivity contribution in [2.24, 2.45) is 0 Å². The number of rotatable bonds is 5. The SMILES string of the molecule is Cc1cc2nc(C)c(CCC(=O)OCc3ccc(C#N)cc3)c(C)n2n1. The zero-order valence-corrected chi connectivity index (χ0v) is 15.1. The maximum Gasteiger partial charge on any atom is 0.306 e. The van der Waals surface area contributed by atoms with Crippen molar-refractivity contribution in [1.82, 2.24) is 14.6 Å². The predicted molar refractivity (Wildman–Crippen MR) is 96.5 cm³/mol. The van der Waals surface area contributed by atoms with Crippen LogP contribution in [0.15, 0.2) is 30.3 Å². The Morgan fingerprint density at radius 2 is 1.96 bits per heavy atom. The van der Waals surface area contributed by atoms with Crippen LogP contribution in [0.4, 0.5) is 0 Å². The van der Waals surface area contributed by atoms with Crippen molar-refractivity contribution in [3.05, 3.63) is 64.1 Å². The normalized spacial score (nSPS) is 10.7. The molecule has 0 atom stereocenters. The summed E-state index contributed by atoms with van der Waals surface area (Å²) in [4.78, 5) is 16.7. The zero-order valence-electron chi connectivity index (χ0n) is 15.1. The van der Waals surface area contributed by atoms with E-state index in [9.17, 15) is 4.79 Å². The van der Waals surface area contributed by atoms with Crippen molar-refractivity contribution in [3.63, 3.8) is 0 Å². The molecule has 132 valence electrons. The number of aromatic nitrogens is 3. The topological polar surface area (TPSA) is 80.3 Å². The minimum Gasteiger partial charge on any atom is -0.461 e. The Morgan fingerprint density at radius 3 is 2.65 bits per heavy atom. The van der Waals surface area contributed by atoms with Gasteiger partial charge in [0.25, 0.3) is 0 Å². The molecule has 2 aromatic heterocycles. The van der Waals surface area contributed by atoms with Crippen LogP contribution in [0.5, 0.6) is 0 Å². The molecule has 0 unspecified atom stereocenters. The summed E-state index contributed by atoms with van der Waals surface area (Å²) in [6.07, 6.45) is 0.844. The van der Waals surface area contributed by atoms with E-state index in [4.69, 9.17) is 10.00 Å². The summed E-state index contributed by atoms with van der Waals surface area (Å²) in [6.45, 7) is 6.08. The number of fused-ring (bicyclic) bond motifs is 1. The lowest BCUT2D eigenvalue weighted by Crippen LogP contribution is -2.10. The summed E-state index contributed by atoms with van der Waals surface area (Å²) in [5.74, 6) is -0.259. The Labute approximate surface area is 152 Å². The van der Waals surface area contributed by atoms with E-state index < -0.39 is 0 Å². The van der Waals surface area contributed by atoms with Gasteiger partial charge in [0.15, 0.2) is 5.65 Å². The van der Waals surface area contributed by atoms with Gasteiger partial charge in [0.1, 0.15) is 6.61 Å². The van der Waals surface area contributed by atoms with Gasteiger partial charge < -0.3 is 4.74 Å². The number of carbonyl (C=O) groups excluding carboxylic acids is 1. The van der Waals surface area contributed by atoms with Crippen LogP contribution in [0.3, 0.4) is 0 Å². The number of ether oxygens (including phenoxy) is 1. The van der Waals surface area contributed by atoms with Gasteiger partial charge in [0.2, 0.25) is 0 Å². The Hall–Kier alpha value is -3.20. The molecule has 26 heavy (non-hydrogen) atoms. The summed E-state index contributed by atoms with van der Waals surface area (Å²) in [7, 11) is 0. The third-order valence-electron chi connectivity index (χ3n) is 4.35. The molecule has 0 aliphatic heterocycles. The van der Waals surface area contributed by atoms with E-state index in [2.05, 4.69) is 16.2 Å². The van der Waals surface area contributed by atoms with Gasteiger partial charge in [-0.2, -0.15) is 10.4 Å². The largest absolute Gasteiger partial charge is 0.461 e. The van der Waals surface area contributed by atoms with Crippen molar-refractivity contribution < 1.29 is 9.53 Å². The van der Waals surface area contributed by atoms with Crippen molar-refractivity contribution in [3.8, 4) is 6.07 Å². The molecule has 0 spiro atoms. The molecule has 0 N–H and O–H groups in total. The van der Waals surface area contributed by atoms with Crippen LogP contribution in [0.1, 0.15) is 40.2 Å². The van der Waals surface area contributed by atoms with Gasteiger partial charge in [-0.25, -0.2) is 9.50 Å². The number of carbonyl (C=O) groups is 1. The molecular weight excluding hydrogens is 328 g/mol. The second kappa shape index (κ2) is 7.36. The van der Waals surface area contributed by atoms with Crippen LogP contribution in [0.25, 0.3) is 5.65 Å². The third-order valence-corrected chi connectivity index (χ3v) is 4.35. The highest BCUT2D eigenvalue weighted by molar-refractivity contribution is 5.70. The number of nitrogens with zero attached hydrogens (tertiary/aromatic N) is 4. The number of hydrogen-bond donors (Lipinski definition) is 0. The molecule has 0 saturated heterocycles. The van der Waals surface area contributed by atoms with E-state index in [1.807, 2.05) is 31.4 Å². The molecule has 6 heteroatoms. The molecule has 3 rings (SSSR count). The molecule has 6 nitrogen and oxygen atoms in total. The van der Waals surface area contributed by atoms with E-state index >= 15 is 0 Å². The number of aryl methyl sites for hydroxylation is 3. The van der Waals surface area contributed by atoms with E-state index in [0.29, 0.717) is 12.0 Å². The Bertz CT molecular complexity index is 997. The molecule has 1 aromatic carbocycles. The fourth-order valence-electron chi connectivity index (χ4n) is 2.94. The Morgan fingerprint density at radius 1 is 1.23 bits per heavy atom. The van der Waals surface area contributed by atoms with Crippen LogP contribution >= 0.6 is 0 Å². The van der Waals surface area contributed by atoms with Gasteiger partial charge in [-0.15, -0.1) is 0 Å². The van der Waals surface area contributed by atoms with E-state index in [-0.39, 0.29) is 19.0 Å². The predicted octanol–water partition coefficient (Wildman–Crippen LogP) is 3.20. The molecule has 0 radical (unpaired) electrons. The van der Waals surface area contributed by atoms with Crippen molar-refractivity contribution in [2.75, 3.05) is 0 Å². The standard InChI is InChI=1S/C20H20N4O2/c1-13-10-19-22-14(2)18(15(3)24(19)23-13)8-9-20(25)26-12-17-6-4-16(11-21)5-7-17/h4-7,10H,8-9,12H2,1-3H3. The molecule has 0 amide bonds. The first kappa shape index (κ1) is 17.6. The summed E-state index contributed by atoms with van der Waals surface area (Å²) < 4.78 is 7.15. The van der Waals surface area contributed by atoms with Gasteiger partial charge >= 0.3 is 5.97 Å². The van der Waals surface area contributed by atoms with Crippen LogP contribution < -0.4 is 0 Å². The quantitative estimate of drug-likeness (QED) is 0.662. The van der Waals surface area contributed by atoms with Gasteiger partial charge in [-0.05, 0) is 50.5 Å². The molecule has 0 bridgehead atoms. The average molecular weight is 348 g/mol. The number of hydrogen-bond acceptors (Lipinski definition) is 5. The van der Waals surface area contributed by atoms with Crippen molar-refractivity contribution in [1.29, 1.82) is 5.26 Å². The van der Waals surface area contributed by atoms with Crippen LogP contribution in [-0.2, 0) is 22.6 Å². The van der Waals surface area contributed by atoms with Gasteiger partial charge in [-0.1, -0.05) is 12.1 Å². The van der Waals surface area contributed by atoms with Crippen LogP contribution in [0, 0.1) is 32.1 Å². The van der Waals surface area contributed by atoms with E-state index in [1.54, 1.807) is 24.3 Å². The molecule has 0 fully saturated rings. The summed E-state index contributed by atoms with van der Waals surface area (Å²) in [5.41, 5.74) is 6.12. The Kier molecular flexibility index (Phi) is 4.99. The highest BCUT2D eigenvalue weighted by Crippen LogP contribution is 2.17. The smallest absolute Gasteiger partial charge is 0.306 e. The summed E-state index contributed by atoms with van der Waals surface area (Å²) >= 11 is 0. The first-order chi connectivity index (χ1) is 12.5. The minimum atomic E-state index is -0.259. The second-order valence-corrected chi connectivity index (χ2v) is 6.29. The summed E-state index contributed by atoms with van der Waals surface area (Å²) in [5, 5.41) is 13.2. The second-order valence-electron chi connectivity index (χ2n) is 6.29. The first-order valence-electron chi connectivity index (χ1n) is 8.45. The Balaban J connectivity index is 1.62. The fraction of sp³-hybridized carbons (Fsp3) is 0.300. The van der Waals surface area contributed by atoms with Gasteiger partial charge in [-0.3, -0.25) is 4.79 Å². The molecular formula is C20H20N4O2. The maximum absolute atomic E-state index is 12.1. The molecule has 2 heterocycles. The lowest BCUT2D eigenvalue weighted by molar-refractivity contribution is -0.144. The lowest BCUT2D eigenvalue weighted by Gasteiger charge is -2.11. The van der Waals surface area contributed by atoms with E-state index in [0.717, 1.165) is 33.9 Å². The highest BCUT2D eigenvalue weighted by Gasteiger charge is 2.13. The zero-order chi connectivity index (χ0) is 18.7. The number of esters is 1. The van der Waals surface area contributed by atoms with E-state index in [1.165, 1.54) is 0 Å². The highest BCUT2D eigenvalue weighted by atomic mass is 16.5. The fourth-order valence-corrected chi connectivity index (χ4v) is 2.94. The minimum absolute atomic E-state index is 0.206. The molecule has 0 saturated carbocycles. The molecule has 0 aliphatic rings. The van der Waals surface area contributed by atoms with Gasteiger partial charge in [0.05, 0.1) is 17.3 Å². The van der Waals surface area contributed by atoms with Crippen LogP contribution in [0.2, 0.25) is 0 Å². The first-order valence-corrected chi connectivity index (χ1v) is 8.45. The van der Waals surface area contributed by atoms with Crippen molar-refractivity contribution in [2.45, 2.75) is 40.2 Å².